The highest BCUT2D eigenvalue weighted by molar-refractivity contribution is 5.95. The van der Waals surface area contributed by atoms with Crippen LogP contribution < -0.4 is 5.32 Å². The number of nitrogens with zero attached hydrogens (tertiary/aromatic N) is 1. The summed E-state index contributed by atoms with van der Waals surface area (Å²) in [6, 6.07) is 2.31. The maximum absolute atomic E-state index is 14.3. The van der Waals surface area contributed by atoms with Gasteiger partial charge in [-0.15, -0.1) is 0 Å². The maximum atomic E-state index is 14.3. The molecule has 1 aromatic rings. The summed E-state index contributed by atoms with van der Waals surface area (Å²) >= 11 is 0. The van der Waals surface area contributed by atoms with Crippen molar-refractivity contribution in [2.75, 3.05) is 18.4 Å². The third-order valence-electron chi connectivity index (χ3n) is 6.72. The van der Waals surface area contributed by atoms with Crippen LogP contribution in [-0.2, 0) is 16.0 Å². The molecule has 5 nitrogen and oxygen atoms in total. The van der Waals surface area contributed by atoms with Gasteiger partial charge in [-0.25, -0.2) is 4.39 Å². The highest BCUT2D eigenvalue weighted by atomic mass is 19.4. The second-order valence-corrected chi connectivity index (χ2v) is 9.06. The van der Waals surface area contributed by atoms with E-state index in [2.05, 4.69) is 5.32 Å². The van der Waals surface area contributed by atoms with Gasteiger partial charge in [0.05, 0.1) is 17.5 Å². The number of hydrogen-bond donors (Lipinski definition) is 2. The van der Waals surface area contributed by atoms with Gasteiger partial charge >= 0.3 is 12.1 Å². The lowest BCUT2D eigenvalue weighted by Gasteiger charge is -2.40. The molecule has 1 aliphatic heterocycles. The second kappa shape index (κ2) is 8.76. The van der Waals surface area contributed by atoms with Gasteiger partial charge in [-0.05, 0) is 68.3 Å². The number of likely N-dealkylation sites (tertiary alicyclic amines) is 1. The molecule has 0 bridgehead atoms. The summed E-state index contributed by atoms with van der Waals surface area (Å²) in [5.74, 6) is -5.35. The molecule has 0 aromatic heterocycles. The lowest BCUT2D eigenvalue weighted by Crippen LogP contribution is -2.54. The first-order chi connectivity index (χ1) is 14.4. The van der Waals surface area contributed by atoms with E-state index >= 15 is 0 Å². The van der Waals surface area contributed by atoms with E-state index in [1.165, 1.54) is 19.1 Å². The number of aliphatic carboxylic acids is 1. The summed E-state index contributed by atoms with van der Waals surface area (Å²) in [7, 11) is 0. The zero-order valence-corrected chi connectivity index (χ0v) is 17.6. The van der Waals surface area contributed by atoms with Gasteiger partial charge in [0.1, 0.15) is 11.9 Å². The largest absolute Gasteiger partial charge is 0.481 e. The Kier molecular flexibility index (Phi) is 6.64. The van der Waals surface area contributed by atoms with E-state index in [9.17, 15) is 27.2 Å². The highest BCUT2D eigenvalue weighted by Crippen LogP contribution is 2.54. The minimum Gasteiger partial charge on any atom is -0.481 e. The Labute approximate surface area is 178 Å². The van der Waals surface area contributed by atoms with E-state index in [1.807, 2.05) is 0 Å². The molecule has 0 radical (unpaired) electrons. The molecule has 1 heterocycles. The first kappa shape index (κ1) is 23.5. The molecule has 2 fully saturated rings. The molecule has 31 heavy (non-hydrogen) atoms. The van der Waals surface area contributed by atoms with Crippen LogP contribution in [-0.4, -0.2) is 47.2 Å². The van der Waals surface area contributed by atoms with E-state index < -0.39 is 41.7 Å². The summed E-state index contributed by atoms with van der Waals surface area (Å²) in [6.45, 7) is 3.27. The van der Waals surface area contributed by atoms with Gasteiger partial charge in [-0.2, -0.15) is 13.2 Å². The van der Waals surface area contributed by atoms with Crippen molar-refractivity contribution in [3.05, 3.63) is 29.6 Å². The molecule has 2 N–H and O–H groups in total. The van der Waals surface area contributed by atoms with Gasteiger partial charge < -0.3 is 10.4 Å². The second-order valence-electron chi connectivity index (χ2n) is 9.06. The van der Waals surface area contributed by atoms with Crippen LogP contribution in [0.25, 0.3) is 0 Å². The molecule has 3 atom stereocenters. The molecular weight excluding hydrogens is 416 g/mol. The van der Waals surface area contributed by atoms with E-state index in [4.69, 9.17) is 5.11 Å². The Bertz CT molecular complexity index is 829. The number of hydrogen-bond acceptors (Lipinski definition) is 3. The monoisotopic (exact) mass is 444 g/mol. The average Bonchev–Trinajstić information content (AvgIpc) is 3.44. The summed E-state index contributed by atoms with van der Waals surface area (Å²) in [4.78, 5) is 25.6. The molecule has 1 aliphatic carbocycles. The van der Waals surface area contributed by atoms with Crippen LogP contribution in [0, 0.1) is 23.1 Å². The molecule has 1 saturated heterocycles. The number of nitrogens with one attached hydrogen (secondary N) is 1. The number of halogens is 4. The zero-order chi connectivity index (χ0) is 23.0. The third kappa shape index (κ3) is 5.56. The highest BCUT2D eigenvalue weighted by Gasteiger charge is 2.50. The minimum absolute atomic E-state index is 0.106. The molecule has 172 valence electrons. The molecule has 1 saturated carbocycles. The van der Waals surface area contributed by atoms with E-state index in [1.54, 1.807) is 4.90 Å². The Morgan fingerprint density at radius 3 is 2.29 bits per heavy atom. The topological polar surface area (TPSA) is 69.6 Å². The number of alkyl halides is 3. The van der Waals surface area contributed by atoms with Crippen molar-refractivity contribution >= 4 is 17.6 Å². The Morgan fingerprint density at radius 1 is 1.16 bits per heavy atom. The van der Waals surface area contributed by atoms with Crippen molar-refractivity contribution in [3.63, 3.8) is 0 Å². The van der Waals surface area contributed by atoms with Gasteiger partial charge in [0, 0.05) is 0 Å². The number of carbonyl (C=O) groups excluding carboxylic acids is 1. The molecular formula is C22H28F4N2O3. The zero-order valence-electron chi connectivity index (χ0n) is 17.6. The normalized spacial score (nSPS) is 21.4. The fourth-order valence-electron chi connectivity index (χ4n) is 4.28. The fourth-order valence-corrected chi connectivity index (χ4v) is 4.28. The number of carbonyl (C=O) groups is 2. The van der Waals surface area contributed by atoms with E-state index in [-0.39, 0.29) is 17.5 Å². The van der Waals surface area contributed by atoms with Crippen molar-refractivity contribution in [3.8, 4) is 0 Å². The molecule has 1 spiro atoms. The van der Waals surface area contributed by atoms with Crippen molar-refractivity contribution in [2.45, 2.75) is 58.2 Å². The molecule has 2 aliphatic rings. The lowest BCUT2D eigenvalue weighted by molar-refractivity contribution is -0.189. The molecule has 9 heteroatoms. The van der Waals surface area contributed by atoms with Crippen LogP contribution in [0.2, 0.25) is 0 Å². The summed E-state index contributed by atoms with van der Waals surface area (Å²) < 4.78 is 54.9. The molecule has 3 rings (SSSR count). The quantitative estimate of drug-likeness (QED) is 0.609. The van der Waals surface area contributed by atoms with Crippen LogP contribution in [0.4, 0.5) is 23.2 Å². The minimum atomic E-state index is -4.58. The van der Waals surface area contributed by atoms with Crippen molar-refractivity contribution in [1.29, 1.82) is 0 Å². The summed E-state index contributed by atoms with van der Waals surface area (Å²) in [5.41, 5.74) is 0.469. The Hall–Kier alpha value is -2.16. The lowest BCUT2D eigenvalue weighted by atomic mass is 9.90. The summed E-state index contributed by atoms with van der Waals surface area (Å²) in [5, 5.41) is 11.4. The van der Waals surface area contributed by atoms with Gasteiger partial charge in [-0.3, -0.25) is 14.5 Å². The molecule has 1 aromatic carbocycles. The number of amides is 1. The maximum Gasteiger partial charge on any atom is 0.393 e. The van der Waals surface area contributed by atoms with Crippen LogP contribution in [0.15, 0.2) is 18.2 Å². The fraction of sp³-hybridized carbons (Fsp3) is 0.636. The van der Waals surface area contributed by atoms with Crippen LogP contribution in [0.3, 0.4) is 0 Å². The predicted molar refractivity (Wildman–Crippen MR) is 107 cm³/mol. The first-order valence-electron chi connectivity index (χ1n) is 10.5. The Morgan fingerprint density at radius 2 is 1.77 bits per heavy atom. The number of benzene rings is 1. The average molecular weight is 444 g/mol. The number of rotatable bonds is 7. The standard InChI is InChI=1S/C22H28F4N2O3/c1-13(20(30)31)11-15-3-4-16(23)17(12-15)27-19(29)18(14(2)22(24,25)26)28-9-7-21(5-6-21)8-10-28/h3-4,12-14,18H,5-11H2,1-2H3,(H,27,29)(H,30,31)/t13-,14-,18-/m1/s1. The number of anilines is 1. The first-order valence-corrected chi connectivity index (χ1v) is 10.5. The van der Waals surface area contributed by atoms with Crippen molar-refractivity contribution in [2.24, 2.45) is 17.3 Å². The predicted octanol–water partition coefficient (Wildman–Crippen LogP) is 4.47. The Balaban J connectivity index is 1.79. The van der Waals surface area contributed by atoms with Crippen molar-refractivity contribution < 1.29 is 32.3 Å². The SMILES string of the molecule is C[C@H](Cc1ccc(F)c(NC(=O)[C@@H]([C@@H](C)C(F)(F)F)N2CCC3(CC2)CC3)c1)C(=O)O. The number of carboxylic acid groups (broad SMARTS) is 1. The number of piperidine rings is 1. The molecule has 0 unspecified atom stereocenters. The summed E-state index contributed by atoms with van der Waals surface area (Å²) in [6.07, 6.45) is -0.780. The molecule has 1 amide bonds. The number of carboxylic acids is 1. The van der Waals surface area contributed by atoms with Gasteiger partial charge in [0.25, 0.3) is 0 Å². The van der Waals surface area contributed by atoms with E-state index in [0.29, 0.717) is 18.7 Å². The third-order valence-corrected chi connectivity index (χ3v) is 6.72. The van der Waals surface area contributed by atoms with Gasteiger partial charge in [0.15, 0.2) is 0 Å². The van der Waals surface area contributed by atoms with Crippen LogP contribution in [0.5, 0.6) is 0 Å². The smallest absolute Gasteiger partial charge is 0.393 e. The van der Waals surface area contributed by atoms with Gasteiger partial charge in [-0.1, -0.05) is 19.9 Å². The van der Waals surface area contributed by atoms with Crippen LogP contribution in [0.1, 0.15) is 45.1 Å². The van der Waals surface area contributed by atoms with E-state index in [0.717, 1.165) is 38.7 Å². The van der Waals surface area contributed by atoms with Crippen molar-refractivity contribution in [1.82, 2.24) is 4.90 Å². The van der Waals surface area contributed by atoms with Gasteiger partial charge in [0.2, 0.25) is 5.91 Å². The van der Waals surface area contributed by atoms with Crippen LogP contribution >= 0.6 is 0 Å².